The summed E-state index contributed by atoms with van der Waals surface area (Å²) in [7, 11) is 1.35. The third-order valence-electron chi connectivity index (χ3n) is 4.17. The second kappa shape index (κ2) is 6.64. The number of hydrogen-bond acceptors (Lipinski definition) is 4. The molecule has 23 heavy (non-hydrogen) atoms. The van der Waals surface area contributed by atoms with E-state index >= 15 is 0 Å². The molecule has 0 bridgehead atoms. The Hall–Kier alpha value is -2.63. The minimum absolute atomic E-state index is 0.187. The van der Waals surface area contributed by atoms with Crippen LogP contribution in [0.5, 0.6) is 0 Å². The van der Waals surface area contributed by atoms with E-state index in [4.69, 9.17) is 4.74 Å². The van der Waals surface area contributed by atoms with Crippen LogP contribution in [0.3, 0.4) is 0 Å². The van der Waals surface area contributed by atoms with E-state index in [2.05, 4.69) is 10.2 Å². The zero-order chi connectivity index (χ0) is 16.2. The van der Waals surface area contributed by atoms with Crippen LogP contribution in [0, 0.1) is 0 Å². The van der Waals surface area contributed by atoms with Crippen molar-refractivity contribution in [2.45, 2.75) is 25.3 Å². The number of amides is 1. The first-order chi connectivity index (χ1) is 11.2. The average Bonchev–Trinajstić information content (AvgIpc) is 3.11. The van der Waals surface area contributed by atoms with E-state index in [1.807, 2.05) is 30.3 Å². The van der Waals surface area contributed by atoms with Gasteiger partial charge >= 0.3 is 5.97 Å². The van der Waals surface area contributed by atoms with Crippen molar-refractivity contribution in [2.75, 3.05) is 13.7 Å². The van der Waals surface area contributed by atoms with Crippen LogP contribution in [-0.2, 0) is 9.53 Å². The minimum Gasteiger partial charge on any atom is -0.467 e. The number of benzene rings is 1. The third kappa shape index (κ3) is 2.97. The topological polar surface area (TPSA) is 75.3 Å². The lowest BCUT2D eigenvalue weighted by Gasteiger charge is -2.33. The van der Waals surface area contributed by atoms with Crippen LogP contribution in [0.15, 0.2) is 36.5 Å². The van der Waals surface area contributed by atoms with Crippen LogP contribution in [0.1, 0.15) is 29.6 Å². The van der Waals surface area contributed by atoms with Crippen molar-refractivity contribution >= 4 is 11.9 Å². The molecular weight excluding hydrogens is 294 g/mol. The molecule has 6 nitrogen and oxygen atoms in total. The Morgan fingerprint density at radius 3 is 2.78 bits per heavy atom. The van der Waals surface area contributed by atoms with E-state index in [0.29, 0.717) is 24.2 Å². The molecule has 1 aliphatic rings. The Balaban J connectivity index is 1.91. The van der Waals surface area contributed by atoms with Gasteiger partial charge < -0.3 is 9.64 Å². The van der Waals surface area contributed by atoms with Gasteiger partial charge in [-0.2, -0.15) is 5.10 Å². The van der Waals surface area contributed by atoms with Crippen LogP contribution in [0.4, 0.5) is 0 Å². The number of piperidine rings is 1. The molecular formula is C17H19N3O3. The molecule has 1 aliphatic heterocycles. The maximum atomic E-state index is 12.9. The summed E-state index contributed by atoms with van der Waals surface area (Å²) in [6, 6.07) is 9.04. The van der Waals surface area contributed by atoms with E-state index in [-0.39, 0.29) is 11.9 Å². The molecule has 1 aromatic heterocycles. The third-order valence-corrected chi connectivity index (χ3v) is 4.17. The quantitative estimate of drug-likeness (QED) is 0.882. The van der Waals surface area contributed by atoms with Gasteiger partial charge in [-0.25, -0.2) is 4.79 Å². The number of aromatic amines is 1. The maximum absolute atomic E-state index is 12.9. The number of carbonyl (C=O) groups is 2. The van der Waals surface area contributed by atoms with Crippen molar-refractivity contribution in [3.05, 3.63) is 42.1 Å². The summed E-state index contributed by atoms with van der Waals surface area (Å²) in [4.78, 5) is 26.5. The van der Waals surface area contributed by atoms with Crippen molar-refractivity contribution in [1.82, 2.24) is 15.1 Å². The Morgan fingerprint density at radius 2 is 2.04 bits per heavy atom. The highest BCUT2D eigenvalue weighted by Crippen LogP contribution is 2.25. The van der Waals surface area contributed by atoms with Gasteiger partial charge in [-0.15, -0.1) is 0 Å². The number of esters is 1. The first-order valence-corrected chi connectivity index (χ1v) is 7.70. The molecule has 0 aliphatic carbocycles. The molecule has 0 saturated carbocycles. The number of hydrogen-bond donors (Lipinski definition) is 1. The highest BCUT2D eigenvalue weighted by molar-refractivity contribution is 6.01. The zero-order valence-corrected chi connectivity index (χ0v) is 13.0. The van der Waals surface area contributed by atoms with Crippen molar-refractivity contribution in [2.24, 2.45) is 0 Å². The predicted octanol–water partition coefficient (Wildman–Crippen LogP) is 2.24. The van der Waals surface area contributed by atoms with Gasteiger partial charge in [0.15, 0.2) is 0 Å². The molecule has 1 atom stereocenters. The van der Waals surface area contributed by atoms with Crippen molar-refractivity contribution in [3.63, 3.8) is 0 Å². The summed E-state index contributed by atoms with van der Waals surface area (Å²) in [6.45, 7) is 0.554. The van der Waals surface area contributed by atoms with Gasteiger partial charge in [0.1, 0.15) is 6.04 Å². The van der Waals surface area contributed by atoms with Crippen molar-refractivity contribution in [3.8, 4) is 11.3 Å². The number of nitrogens with zero attached hydrogens (tertiary/aromatic N) is 2. The minimum atomic E-state index is -0.514. The summed E-state index contributed by atoms with van der Waals surface area (Å²) >= 11 is 0. The van der Waals surface area contributed by atoms with Crippen molar-refractivity contribution < 1.29 is 14.3 Å². The molecule has 0 spiro atoms. The van der Waals surface area contributed by atoms with Gasteiger partial charge in [0.2, 0.25) is 0 Å². The van der Waals surface area contributed by atoms with Crippen LogP contribution >= 0.6 is 0 Å². The Labute approximate surface area is 134 Å². The van der Waals surface area contributed by atoms with Crippen LogP contribution in [-0.4, -0.2) is 46.7 Å². The normalized spacial score (nSPS) is 17.8. The summed E-state index contributed by atoms with van der Waals surface area (Å²) in [5.74, 6) is -0.546. The fraction of sp³-hybridized carbons (Fsp3) is 0.353. The molecule has 1 aromatic carbocycles. The summed E-state index contributed by atoms with van der Waals surface area (Å²) in [5, 5.41) is 6.90. The number of H-pyrrole nitrogens is 1. The Morgan fingerprint density at radius 1 is 1.26 bits per heavy atom. The summed E-state index contributed by atoms with van der Waals surface area (Å²) in [5.41, 5.74) is 2.04. The van der Waals surface area contributed by atoms with Gasteiger partial charge in [0.25, 0.3) is 5.91 Å². The number of likely N-dealkylation sites (tertiary alicyclic amines) is 1. The molecule has 1 amide bonds. The largest absolute Gasteiger partial charge is 0.467 e. The lowest BCUT2D eigenvalue weighted by Crippen LogP contribution is -2.48. The number of methoxy groups -OCH3 is 1. The molecule has 6 heteroatoms. The molecule has 1 fully saturated rings. The van der Waals surface area contributed by atoms with Gasteiger partial charge in [-0.1, -0.05) is 30.3 Å². The molecule has 120 valence electrons. The van der Waals surface area contributed by atoms with E-state index in [1.54, 1.807) is 4.90 Å². The highest BCUT2D eigenvalue weighted by Gasteiger charge is 2.34. The van der Waals surface area contributed by atoms with Gasteiger partial charge in [0.05, 0.1) is 24.6 Å². The van der Waals surface area contributed by atoms with E-state index in [1.165, 1.54) is 13.3 Å². The second-order valence-corrected chi connectivity index (χ2v) is 5.56. The fourth-order valence-electron chi connectivity index (χ4n) is 2.98. The van der Waals surface area contributed by atoms with Gasteiger partial charge in [-0.05, 0) is 19.3 Å². The van der Waals surface area contributed by atoms with Gasteiger partial charge in [0, 0.05) is 12.1 Å². The van der Waals surface area contributed by atoms with E-state index in [0.717, 1.165) is 18.4 Å². The Bertz CT molecular complexity index is 696. The highest BCUT2D eigenvalue weighted by atomic mass is 16.5. The predicted molar refractivity (Wildman–Crippen MR) is 84.7 cm³/mol. The molecule has 1 unspecified atom stereocenters. The summed E-state index contributed by atoms with van der Waals surface area (Å²) in [6.07, 6.45) is 3.96. The van der Waals surface area contributed by atoms with Gasteiger partial charge in [-0.3, -0.25) is 9.89 Å². The molecule has 2 aromatic rings. The number of aromatic nitrogens is 2. The molecule has 3 rings (SSSR count). The first kappa shape index (κ1) is 15.3. The van der Waals surface area contributed by atoms with Crippen LogP contribution in [0.25, 0.3) is 11.3 Å². The smallest absolute Gasteiger partial charge is 0.328 e. The number of carbonyl (C=O) groups excluding carboxylic acids is 2. The Kier molecular flexibility index (Phi) is 4.41. The maximum Gasteiger partial charge on any atom is 0.328 e. The first-order valence-electron chi connectivity index (χ1n) is 7.70. The molecule has 1 N–H and O–H groups in total. The average molecular weight is 313 g/mol. The monoisotopic (exact) mass is 313 g/mol. The molecule has 0 radical (unpaired) electrons. The lowest BCUT2D eigenvalue weighted by molar-refractivity contribution is -0.147. The number of rotatable bonds is 3. The van der Waals surface area contributed by atoms with E-state index < -0.39 is 6.04 Å². The lowest BCUT2D eigenvalue weighted by atomic mass is 10.00. The van der Waals surface area contributed by atoms with Crippen LogP contribution in [0.2, 0.25) is 0 Å². The second-order valence-electron chi connectivity index (χ2n) is 5.56. The van der Waals surface area contributed by atoms with E-state index in [9.17, 15) is 9.59 Å². The zero-order valence-electron chi connectivity index (χ0n) is 13.0. The fourth-order valence-corrected chi connectivity index (χ4v) is 2.98. The molecule has 2 heterocycles. The summed E-state index contributed by atoms with van der Waals surface area (Å²) < 4.78 is 4.85. The van der Waals surface area contributed by atoms with Crippen molar-refractivity contribution in [1.29, 1.82) is 0 Å². The SMILES string of the molecule is COC(=O)C1CCCCN1C(=O)c1cn[nH]c1-c1ccccc1. The number of nitrogens with one attached hydrogen (secondary N) is 1. The number of ether oxygens (including phenoxy) is 1. The van der Waals surface area contributed by atoms with Crippen LogP contribution < -0.4 is 0 Å². The molecule has 1 saturated heterocycles. The standard InChI is InChI=1S/C17H19N3O3/c1-23-17(22)14-9-5-6-10-20(14)16(21)13-11-18-19-15(13)12-7-3-2-4-8-12/h2-4,7-8,11,14H,5-6,9-10H2,1H3,(H,18,19).